The molecule has 1 aromatic carbocycles. The fourth-order valence-corrected chi connectivity index (χ4v) is 4.47. The Labute approximate surface area is 126 Å². The molecule has 0 aromatic heterocycles. The van der Waals surface area contributed by atoms with Gasteiger partial charge in [-0.1, -0.05) is 13.3 Å². The third kappa shape index (κ3) is 3.75. The van der Waals surface area contributed by atoms with Gasteiger partial charge in [-0.3, -0.25) is 0 Å². The molecule has 6 heteroatoms. The summed E-state index contributed by atoms with van der Waals surface area (Å²) in [7, 11) is -3.43. The van der Waals surface area contributed by atoms with Gasteiger partial charge in [-0.2, -0.15) is 4.31 Å². The summed E-state index contributed by atoms with van der Waals surface area (Å²) >= 11 is 0. The first-order valence-corrected chi connectivity index (χ1v) is 8.89. The molecule has 5 nitrogen and oxygen atoms in total. The number of hydrogen-bond acceptors (Lipinski definition) is 4. The van der Waals surface area contributed by atoms with Crippen molar-refractivity contribution >= 4 is 10.0 Å². The van der Waals surface area contributed by atoms with Crippen LogP contribution in [0.5, 0.6) is 5.75 Å². The predicted molar refractivity (Wildman–Crippen MR) is 80.8 cm³/mol. The zero-order chi connectivity index (χ0) is 15.3. The minimum absolute atomic E-state index is 0.0635. The molecular weight excluding hydrogens is 290 g/mol. The zero-order valence-electron chi connectivity index (χ0n) is 12.4. The maximum atomic E-state index is 12.7. The van der Waals surface area contributed by atoms with Gasteiger partial charge >= 0.3 is 0 Å². The maximum absolute atomic E-state index is 12.7. The van der Waals surface area contributed by atoms with E-state index in [-0.39, 0.29) is 19.3 Å². The van der Waals surface area contributed by atoms with Crippen LogP contribution in [0.4, 0.5) is 0 Å². The number of nitrogens with zero attached hydrogens (tertiary/aromatic N) is 1. The first-order chi connectivity index (χ1) is 10.1. The minimum Gasteiger partial charge on any atom is -0.491 e. The van der Waals surface area contributed by atoms with Crippen molar-refractivity contribution in [2.75, 3.05) is 19.8 Å². The van der Waals surface area contributed by atoms with Crippen LogP contribution in [0.15, 0.2) is 29.2 Å². The highest BCUT2D eigenvalue weighted by molar-refractivity contribution is 7.89. The van der Waals surface area contributed by atoms with Gasteiger partial charge < -0.3 is 9.84 Å². The Hall–Kier alpha value is -1.11. The molecule has 0 bridgehead atoms. The standard InChI is InChI=1S/C15H23NO4S/c1-2-13-5-3-4-10-16(13)21(18,19)15-8-6-14(7-9-15)20-12-11-17/h6-9,13,17H,2-5,10-12H2,1H3. The van der Waals surface area contributed by atoms with E-state index in [9.17, 15) is 8.42 Å². The third-order valence-corrected chi connectivity index (χ3v) is 5.80. The molecule has 1 N–H and O–H groups in total. The van der Waals surface area contributed by atoms with Crippen molar-refractivity contribution in [1.29, 1.82) is 0 Å². The molecule has 0 aliphatic carbocycles. The van der Waals surface area contributed by atoms with Gasteiger partial charge in [0, 0.05) is 12.6 Å². The van der Waals surface area contributed by atoms with Gasteiger partial charge in [-0.15, -0.1) is 0 Å². The van der Waals surface area contributed by atoms with Crippen LogP contribution in [0.1, 0.15) is 32.6 Å². The van der Waals surface area contributed by atoms with E-state index >= 15 is 0 Å². The zero-order valence-corrected chi connectivity index (χ0v) is 13.2. The molecule has 1 aliphatic rings. The Morgan fingerprint density at radius 3 is 2.62 bits per heavy atom. The summed E-state index contributed by atoms with van der Waals surface area (Å²) in [5.74, 6) is 0.564. The van der Waals surface area contributed by atoms with Crippen molar-refractivity contribution in [2.24, 2.45) is 0 Å². The van der Waals surface area contributed by atoms with Crippen molar-refractivity contribution in [1.82, 2.24) is 4.31 Å². The summed E-state index contributed by atoms with van der Waals surface area (Å²) in [6.45, 7) is 2.77. The number of sulfonamides is 1. The average molecular weight is 313 g/mol. The van der Waals surface area contributed by atoms with Crippen LogP contribution in [-0.2, 0) is 10.0 Å². The average Bonchev–Trinajstić information content (AvgIpc) is 2.53. The molecule has 1 atom stereocenters. The fourth-order valence-electron chi connectivity index (χ4n) is 2.71. The lowest BCUT2D eigenvalue weighted by Gasteiger charge is -2.34. The molecule has 2 rings (SSSR count). The molecule has 21 heavy (non-hydrogen) atoms. The van der Waals surface area contributed by atoms with Crippen LogP contribution >= 0.6 is 0 Å². The van der Waals surface area contributed by atoms with Crippen molar-refractivity contribution in [3.05, 3.63) is 24.3 Å². The Kier molecular flexibility index (Phi) is 5.61. The number of hydrogen-bond donors (Lipinski definition) is 1. The number of benzene rings is 1. The van der Waals surface area contributed by atoms with Crippen molar-refractivity contribution in [3.8, 4) is 5.75 Å². The summed E-state index contributed by atoms with van der Waals surface area (Å²) in [5.41, 5.74) is 0. The molecule has 0 spiro atoms. The maximum Gasteiger partial charge on any atom is 0.243 e. The van der Waals surface area contributed by atoms with E-state index in [0.717, 1.165) is 25.7 Å². The monoisotopic (exact) mass is 313 g/mol. The predicted octanol–water partition coefficient (Wildman–Crippen LogP) is 2.01. The van der Waals surface area contributed by atoms with Gasteiger partial charge in [-0.25, -0.2) is 8.42 Å². The van der Waals surface area contributed by atoms with E-state index in [1.54, 1.807) is 28.6 Å². The summed E-state index contributed by atoms with van der Waals surface area (Å²) in [5, 5.41) is 8.71. The lowest BCUT2D eigenvalue weighted by atomic mass is 10.0. The second kappa shape index (κ2) is 7.24. The Morgan fingerprint density at radius 2 is 2.00 bits per heavy atom. The Balaban J connectivity index is 2.18. The van der Waals surface area contributed by atoms with Gasteiger partial charge in [0.05, 0.1) is 11.5 Å². The van der Waals surface area contributed by atoms with Gasteiger partial charge in [0.2, 0.25) is 10.0 Å². The molecule has 118 valence electrons. The molecule has 1 aliphatic heterocycles. The normalized spacial score (nSPS) is 20.4. The van der Waals surface area contributed by atoms with Gasteiger partial charge in [0.25, 0.3) is 0 Å². The summed E-state index contributed by atoms with van der Waals surface area (Å²) < 4.78 is 32.3. The summed E-state index contributed by atoms with van der Waals surface area (Å²) in [6.07, 6.45) is 3.80. The second-order valence-corrected chi connectivity index (χ2v) is 7.11. The highest BCUT2D eigenvalue weighted by Gasteiger charge is 2.32. The molecule has 1 heterocycles. The van der Waals surface area contributed by atoms with Crippen LogP contribution in [0.2, 0.25) is 0 Å². The van der Waals surface area contributed by atoms with E-state index < -0.39 is 10.0 Å². The molecule has 0 radical (unpaired) electrons. The molecule has 0 amide bonds. The van der Waals surface area contributed by atoms with Crippen LogP contribution < -0.4 is 4.74 Å². The molecular formula is C15H23NO4S. The lowest BCUT2D eigenvalue weighted by molar-refractivity contribution is 0.201. The highest BCUT2D eigenvalue weighted by atomic mass is 32.2. The van der Waals surface area contributed by atoms with Crippen molar-refractivity contribution in [2.45, 2.75) is 43.5 Å². The smallest absolute Gasteiger partial charge is 0.243 e. The van der Waals surface area contributed by atoms with Crippen LogP contribution in [0.25, 0.3) is 0 Å². The summed E-state index contributed by atoms with van der Waals surface area (Å²) in [6, 6.07) is 6.52. The quantitative estimate of drug-likeness (QED) is 0.872. The lowest BCUT2D eigenvalue weighted by Crippen LogP contribution is -2.43. The minimum atomic E-state index is -3.43. The van der Waals surface area contributed by atoms with Crippen molar-refractivity contribution in [3.63, 3.8) is 0 Å². The number of aliphatic hydroxyl groups is 1. The van der Waals surface area contributed by atoms with E-state index in [1.807, 2.05) is 6.92 Å². The highest BCUT2D eigenvalue weighted by Crippen LogP contribution is 2.27. The van der Waals surface area contributed by atoms with E-state index in [2.05, 4.69) is 0 Å². The van der Waals surface area contributed by atoms with E-state index in [0.29, 0.717) is 17.2 Å². The van der Waals surface area contributed by atoms with Crippen LogP contribution in [0.3, 0.4) is 0 Å². The van der Waals surface area contributed by atoms with Crippen LogP contribution in [-0.4, -0.2) is 43.6 Å². The molecule has 1 fully saturated rings. The van der Waals surface area contributed by atoms with Crippen molar-refractivity contribution < 1.29 is 18.3 Å². The topological polar surface area (TPSA) is 66.8 Å². The van der Waals surface area contributed by atoms with Gasteiger partial charge in [-0.05, 0) is 43.5 Å². The van der Waals surface area contributed by atoms with E-state index in [1.165, 1.54) is 0 Å². The van der Waals surface area contributed by atoms with E-state index in [4.69, 9.17) is 9.84 Å². The largest absolute Gasteiger partial charge is 0.491 e. The number of piperidine rings is 1. The Morgan fingerprint density at radius 1 is 1.29 bits per heavy atom. The van der Waals surface area contributed by atoms with Gasteiger partial charge in [0.1, 0.15) is 12.4 Å². The van der Waals surface area contributed by atoms with Crippen LogP contribution in [0, 0.1) is 0 Å². The van der Waals surface area contributed by atoms with Gasteiger partial charge in [0.15, 0.2) is 0 Å². The third-order valence-electron chi connectivity index (χ3n) is 3.83. The first-order valence-electron chi connectivity index (χ1n) is 7.45. The Bertz CT molecular complexity index is 541. The number of rotatable bonds is 6. The first kappa shape index (κ1) is 16.3. The molecule has 1 aromatic rings. The SMILES string of the molecule is CCC1CCCCN1S(=O)(=O)c1ccc(OCCO)cc1. The number of aliphatic hydroxyl groups excluding tert-OH is 1. The fraction of sp³-hybridized carbons (Fsp3) is 0.600. The second-order valence-electron chi connectivity index (χ2n) is 5.22. The molecule has 0 saturated carbocycles. The molecule has 1 unspecified atom stereocenters. The summed E-state index contributed by atoms with van der Waals surface area (Å²) in [4.78, 5) is 0.305. The molecule has 1 saturated heterocycles. The number of ether oxygens (including phenoxy) is 1.